The molecule has 0 fully saturated rings. The average Bonchev–Trinajstić information content (AvgIpc) is 2.77. The predicted octanol–water partition coefficient (Wildman–Crippen LogP) is 4.92. The van der Waals surface area contributed by atoms with Crippen LogP contribution in [-0.4, -0.2) is 25.0 Å². The normalized spacial score (nSPS) is 15.1. The number of hydrogen-bond donors (Lipinski definition) is 1. The molecule has 0 aromatic heterocycles. The number of benzene rings is 3. The Morgan fingerprint density at radius 3 is 2.71 bits per heavy atom. The van der Waals surface area contributed by atoms with Gasteiger partial charge in [0.25, 0.3) is 11.8 Å². The highest BCUT2D eigenvalue weighted by Gasteiger charge is 2.32. The summed E-state index contributed by atoms with van der Waals surface area (Å²) in [6.07, 6.45) is -0.610. The molecular formula is C24H21ClN2O4. The number of carbonyl (C=O) groups is 2. The average molecular weight is 437 g/mol. The Bertz CT molecular complexity index is 1150. The quantitative estimate of drug-likeness (QED) is 0.616. The third-order valence-electron chi connectivity index (χ3n) is 5.01. The van der Waals surface area contributed by atoms with Gasteiger partial charge in [-0.25, -0.2) is 0 Å². The summed E-state index contributed by atoms with van der Waals surface area (Å²) in [6.45, 7) is 2.05. The van der Waals surface area contributed by atoms with Crippen molar-refractivity contribution < 1.29 is 19.1 Å². The van der Waals surface area contributed by atoms with Crippen molar-refractivity contribution in [1.82, 2.24) is 0 Å². The molecule has 1 heterocycles. The van der Waals surface area contributed by atoms with E-state index in [1.54, 1.807) is 60.4 Å². The zero-order chi connectivity index (χ0) is 22.0. The van der Waals surface area contributed by atoms with Crippen molar-refractivity contribution in [2.75, 3.05) is 17.3 Å². The SMILES string of the molecule is COc1ccccc1C(=O)Nc1ccc2c(c1)N(Cc1cccc(Cl)c1)C(=O)C(C)O2. The van der Waals surface area contributed by atoms with Gasteiger partial charge >= 0.3 is 0 Å². The summed E-state index contributed by atoms with van der Waals surface area (Å²) in [5.41, 5.74) is 2.43. The standard InChI is InChI=1S/C24H21ClN2O4/c1-15-24(29)27(14-16-6-5-7-17(25)12-16)20-13-18(10-11-22(20)31-15)26-23(28)19-8-3-4-9-21(19)30-2/h3-13,15H,14H2,1-2H3,(H,26,28). The molecule has 1 N–H and O–H groups in total. The van der Waals surface area contributed by atoms with E-state index in [1.807, 2.05) is 18.2 Å². The van der Waals surface area contributed by atoms with Crippen molar-refractivity contribution in [2.24, 2.45) is 0 Å². The first kappa shape index (κ1) is 20.8. The molecular weight excluding hydrogens is 416 g/mol. The molecule has 1 atom stereocenters. The maximum absolute atomic E-state index is 12.9. The van der Waals surface area contributed by atoms with Crippen LogP contribution >= 0.6 is 11.6 Å². The predicted molar refractivity (Wildman–Crippen MR) is 120 cm³/mol. The summed E-state index contributed by atoms with van der Waals surface area (Å²) < 4.78 is 11.0. The number of ether oxygens (including phenoxy) is 2. The number of fused-ring (bicyclic) bond motifs is 1. The van der Waals surface area contributed by atoms with Gasteiger partial charge in [-0.3, -0.25) is 9.59 Å². The third-order valence-corrected chi connectivity index (χ3v) is 5.24. The van der Waals surface area contributed by atoms with E-state index in [0.717, 1.165) is 5.56 Å². The molecule has 3 aromatic rings. The minimum Gasteiger partial charge on any atom is -0.496 e. The van der Waals surface area contributed by atoms with E-state index in [9.17, 15) is 9.59 Å². The summed E-state index contributed by atoms with van der Waals surface area (Å²) in [7, 11) is 1.52. The minimum absolute atomic E-state index is 0.166. The molecule has 6 nitrogen and oxygen atoms in total. The van der Waals surface area contributed by atoms with Gasteiger partial charge in [0, 0.05) is 10.7 Å². The van der Waals surface area contributed by atoms with Crippen LogP contribution in [0.1, 0.15) is 22.8 Å². The second kappa shape index (κ2) is 8.70. The monoisotopic (exact) mass is 436 g/mol. The minimum atomic E-state index is -0.610. The number of nitrogens with one attached hydrogen (secondary N) is 1. The molecule has 0 saturated carbocycles. The first-order valence-corrected chi connectivity index (χ1v) is 10.1. The Balaban J connectivity index is 1.64. The molecule has 0 saturated heterocycles. The van der Waals surface area contributed by atoms with Crippen molar-refractivity contribution in [1.29, 1.82) is 0 Å². The van der Waals surface area contributed by atoms with Crippen molar-refractivity contribution in [3.05, 3.63) is 82.9 Å². The van der Waals surface area contributed by atoms with E-state index >= 15 is 0 Å². The first-order chi connectivity index (χ1) is 15.0. The van der Waals surface area contributed by atoms with Crippen LogP contribution in [0.15, 0.2) is 66.7 Å². The third kappa shape index (κ3) is 4.34. The lowest BCUT2D eigenvalue weighted by Crippen LogP contribution is -2.44. The van der Waals surface area contributed by atoms with E-state index in [1.165, 1.54) is 7.11 Å². The Kier molecular flexibility index (Phi) is 5.82. The van der Waals surface area contributed by atoms with E-state index in [4.69, 9.17) is 21.1 Å². The summed E-state index contributed by atoms with van der Waals surface area (Å²) in [4.78, 5) is 27.3. The fourth-order valence-corrected chi connectivity index (χ4v) is 3.71. The molecule has 4 rings (SSSR count). The Labute approximate surface area is 185 Å². The fraction of sp³-hybridized carbons (Fsp3) is 0.167. The number of nitrogens with zero attached hydrogens (tertiary/aromatic N) is 1. The van der Waals surface area contributed by atoms with Gasteiger partial charge in [-0.2, -0.15) is 0 Å². The molecule has 0 aliphatic carbocycles. The van der Waals surface area contributed by atoms with E-state index < -0.39 is 6.10 Å². The lowest BCUT2D eigenvalue weighted by atomic mass is 10.1. The van der Waals surface area contributed by atoms with E-state index in [0.29, 0.717) is 40.0 Å². The lowest BCUT2D eigenvalue weighted by Gasteiger charge is -2.33. The zero-order valence-electron chi connectivity index (χ0n) is 17.1. The van der Waals surface area contributed by atoms with Crippen LogP contribution in [0.5, 0.6) is 11.5 Å². The number of anilines is 2. The number of halogens is 1. The highest BCUT2D eigenvalue weighted by molar-refractivity contribution is 6.30. The second-order valence-electron chi connectivity index (χ2n) is 7.15. The van der Waals surface area contributed by atoms with Crippen LogP contribution in [0.3, 0.4) is 0 Å². The van der Waals surface area contributed by atoms with E-state index in [2.05, 4.69) is 5.32 Å². The maximum atomic E-state index is 12.9. The van der Waals surface area contributed by atoms with Gasteiger partial charge in [0.05, 0.1) is 24.9 Å². The summed E-state index contributed by atoms with van der Waals surface area (Å²) in [6, 6.07) is 19.6. The van der Waals surface area contributed by atoms with Crippen LogP contribution < -0.4 is 19.7 Å². The first-order valence-electron chi connectivity index (χ1n) is 9.77. The molecule has 2 amide bonds. The van der Waals surface area contributed by atoms with Gasteiger partial charge < -0.3 is 19.7 Å². The van der Waals surface area contributed by atoms with Gasteiger partial charge in [-0.05, 0) is 55.0 Å². The molecule has 0 radical (unpaired) electrons. The fourth-order valence-electron chi connectivity index (χ4n) is 3.50. The summed E-state index contributed by atoms with van der Waals surface area (Å²) in [5.74, 6) is 0.577. The van der Waals surface area contributed by atoms with Crippen LogP contribution in [0.2, 0.25) is 5.02 Å². The summed E-state index contributed by atoms with van der Waals surface area (Å²) >= 11 is 6.11. The second-order valence-corrected chi connectivity index (χ2v) is 7.59. The highest BCUT2D eigenvalue weighted by Crippen LogP contribution is 2.37. The largest absolute Gasteiger partial charge is 0.496 e. The molecule has 1 aliphatic rings. The van der Waals surface area contributed by atoms with Crippen molar-refractivity contribution in [3.63, 3.8) is 0 Å². The van der Waals surface area contributed by atoms with Gasteiger partial charge in [-0.15, -0.1) is 0 Å². The maximum Gasteiger partial charge on any atom is 0.268 e. The van der Waals surface area contributed by atoms with Gasteiger partial charge in [0.1, 0.15) is 11.5 Å². The lowest BCUT2D eigenvalue weighted by molar-refractivity contribution is -0.125. The van der Waals surface area contributed by atoms with Crippen molar-refractivity contribution >= 4 is 34.8 Å². The number of rotatable bonds is 5. The van der Waals surface area contributed by atoms with E-state index in [-0.39, 0.29) is 11.8 Å². The molecule has 0 bridgehead atoms. The molecule has 1 aliphatic heterocycles. The number of amides is 2. The van der Waals surface area contributed by atoms with Crippen LogP contribution in [0.4, 0.5) is 11.4 Å². The smallest absolute Gasteiger partial charge is 0.268 e. The van der Waals surface area contributed by atoms with Gasteiger partial charge in [0.2, 0.25) is 0 Å². The molecule has 3 aromatic carbocycles. The van der Waals surface area contributed by atoms with Crippen LogP contribution in [0, 0.1) is 0 Å². The molecule has 1 unspecified atom stereocenters. The van der Waals surface area contributed by atoms with Gasteiger partial charge in [0.15, 0.2) is 6.10 Å². The number of methoxy groups -OCH3 is 1. The van der Waals surface area contributed by atoms with Crippen LogP contribution in [0.25, 0.3) is 0 Å². The van der Waals surface area contributed by atoms with Crippen molar-refractivity contribution in [3.8, 4) is 11.5 Å². The molecule has 31 heavy (non-hydrogen) atoms. The molecule has 0 spiro atoms. The Morgan fingerprint density at radius 2 is 1.94 bits per heavy atom. The summed E-state index contributed by atoms with van der Waals surface area (Å²) in [5, 5.41) is 3.47. The number of hydrogen-bond acceptors (Lipinski definition) is 4. The molecule has 158 valence electrons. The van der Waals surface area contributed by atoms with Crippen molar-refractivity contribution in [2.45, 2.75) is 19.6 Å². The number of carbonyl (C=O) groups excluding carboxylic acids is 2. The topological polar surface area (TPSA) is 67.9 Å². The highest BCUT2D eigenvalue weighted by atomic mass is 35.5. The van der Waals surface area contributed by atoms with Gasteiger partial charge in [-0.1, -0.05) is 35.9 Å². The molecule has 7 heteroatoms. The number of para-hydroxylation sites is 1. The zero-order valence-corrected chi connectivity index (χ0v) is 17.8. The van der Waals surface area contributed by atoms with Crippen LogP contribution in [-0.2, 0) is 11.3 Å². The Morgan fingerprint density at radius 1 is 1.13 bits per heavy atom. The Hall–Kier alpha value is -3.51.